The van der Waals surface area contributed by atoms with Gasteiger partial charge in [-0.1, -0.05) is 0 Å². The van der Waals surface area contributed by atoms with Crippen LogP contribution in [0.2, 0.25) is 0 Å². The molecule has 2 aliphatic rings. The van der Waals surface area contributed by atoms with Crippen molar-refractivity contribution in [2.45, 2.75) is 31.1 Å². The number of carbonyl (C=O) groups excluding carboxylic acids is 1. The zero-order valence-electron chi connectivity index (χ0n) is 9.42. The van der Waals surface area contributed by atoms with Gasteiger partial charge in [0.2, 0.25) is 0 Å². The first-order valence-corrected chi connectivity index (χ1v) is 6.76. The largest absolute Gasteiger partial charge is 0.418 e. The van der Waals surface area contributed by atoms with Crippen LogP contribution in [0.15, 0.2) is 0 Å². The molecule has 0 aromatic heterocycles. The molecular formula is C8H11F3N2O5S. The van der Waals surface area contributed by atoms with E-state index in [-0.39, 0.29) is 19.4 Å². The summed E-state index contributed by atoms with van der Waals surface area (Å²) in [5, 5.41) is 2.61. The number of carbonyl (C=O) groups is 1. The van der Waals surface area contributed by atoms with Crippen molar-refractivity contribution in [3.63, 3.8) is 0 Å². The minimum absolute atomic E-state index is 0.0218. The van der Waals surface area contributed by atoms with Crippen LogP contribution in [0.25, 0.3) is 0 Å². The minimum atomic E-state index is -4.87. The van der Waals surface area contributed by atoms with Crippen LogP contribution in [0.1, 0.15) is 12.8 Å². The van der Waals surface area contributed by atoms with Gasteiger partial charge < -0.3 is 5.32 Å². The van der Waals surface area contributed by atoms with E-state index in [9.17, 15) is 26.4 Å². The maximum Gasteiger partial charge on any atom is 0.418 e. The first kappa shape index (κ1) is 14.5. The van der Waals surface area contributed by atoms with Crippen molar-refractivity contribution in [1.29, 1.82) is 0 Å². The number of alkyl halides is 3. The molecule has 2 heterocycles. The maximum absolute atomic E-state index is 12.5. The van der Waals surface area contributed by atoms with Gasteiger partial charge in [-0.3, -0.25) is 9.35 Å². The van der Waals surface area contributed by atoms with Crippen molar-refractivity contribution >= 4 is 16.3 Å². The second-order valence-corrected chi connectivity index (χ2v) is 5.42. The zero-order chi connectivity index (χ0) is 14.4. The van der Waals surface area contributed by atoms with Crippen LogP contribution in [0.4, 0.5) is 13.2 Å². The number of nitrogens with zero attached hydrogens (tertiary/aromatic N) is 1. The summed E-state index contributed by atoms with van der Waals surface area (Å²) in [6.45, 7) is -0.254. The third-order valence-corrected chi connectivity index (χ3v) is 3.56. The van der Waals surface area contributed by atoms with E-state index in [1.165, 1.54) is 0 Å². The van der Waals surface area contributed by atoms with E-state index >= 15 is 0 Å². The van der Waals surface area contributed by atoms with Gasteiger partial charge in [-0.05, 0) is 12.8 Å². The lowest BCUT2D eigenvalue weighted by atomic mass is 9.86. The van der Waals surface area contributed by atoms with Gasteiger partial charge in [0.05, 0.1) is 12.0 Å². The number of nitrogens with one attached hydrogen (secondary N) is 1. The van der Waals surface area contributed by atoms with E-state index in [1.54, 1.807) is 0 Å². The highest BCUT2D eigenvalue weighted by molar-refractivity contribution is 7.80. The summed E-state index contributed by atoms with van der Waals surface area (Å²) in [4.78, 5) is 11.5. The summed E-state index contributed by atoms with van der Waals surface area (Å²) in [5.41, 5.74) is 0. The molecule has 0 bridgehead atoms. The quantitative estimate of drug-likeness (QED) is 0.544. The van der Waals surface area contributed by atoms with Crippen LogP contribution >= 0.6 is 0 Å². The Balaban J connectivity index is 2.05. The van der Waals surface area contributed by atoms with E-state index in [1.807, 2.05) is 0 Å². The monoisotopic (exact) mass is 304 g/mol. The second kappa shape index (κ2) is 4.58. The molecule has 1 amide bonds. The molecule has 19 heavy (non-hydrogen) atoms. The number of hydroxylamine groups is 2. The molecule has 1 unspecified atom stereocenters. The van der Waals surface area contributed by atoms with Crippen molar-refractivity contribution < 1.29 is 35.2 Å². The summed E-state index contributed by atoms with van der Waals surface area (Å²) in [7, 11) is -4.87. The first-order valence-electron chi connectivity index (χ1n) is 5.40. The fourth-order valence-electron chi connectivity index (χ4n) is 2.30. The van der Waals surface area contributed by atoms with Gasteiger partial charge >= 0.3 is 16.6 Å². The van der Waals surface area contributed by atoms with Crippen LogP contribution < -0.4 is 5.32 Å². The third-order valence-electron chi connectivity index (χ3n) is 3.21. The average Bonchev–Trinajstić information content (AvgIpc) is 2.43. The van der Waals surface area contributed by atoms with E-state index in [2.05, 4.69) is 9.60 Å². The number of hydrogen-bond acceptors (Lipinski definition) is 5. The smallest absolute Gasteiger partial charge is 0.304 e. The van der Waals surface area contributed by atoms with Gasteiger partial charge in [0.25, 0.3) is 5.91 Å². The summed E-state index contributed by atoms with van der Waals surface area (Å²) in [5.74, 6) is -1.46. The zero-order valence-corrected chi connectivity index (χ0v) is 10.2. The van der Waals surface area contributed by atoms with Gasteiger partial charge in [0.1, 0.15) is 6.04 Å². The number of fused-ring (bicyclic) bond motifs is 1. The molecule has 7 nitrogen and oxygen atoms in total. The second-order valence-electron chi connectivity index (χ2n) is 4.42. The molecule has 0 saturated carbocycles. The highest BCUT2D eigenvalue weighted by atomic mass is 32.3. The Morgan fingerprint density at radius 3 is 2.53 bits per heavy atom. The highest BCUT2D eigenvalue weighted by Crippen LogP contribution is 2.36. The predicted molar refractivity (Wildman–Crippen MR) is 53.8 cm³/mol. The van der Waals surface area contributed by atoms with E-state index in [0.29, 0.717) is 5.06 Å². The molecule has 0 radical (unpaired) electrons. The van der Waals surface area contributed by atoms with E-state index in [0.717, 1.165) is 0 Å². The van der Waals surface area contributed by atoms with Crippen LogP contribution in [-0.4, -0.2) is 48.7 Å². The predicted octanol–water partition coefficient (Wildman–Crippen LogP) is -0.138. The standard InChI is InChI=1S/C8H11F3N2O5S/c9-8(10,11)6-2-1-4-5(3-12-6)13(7(4)14)18-19(15,16)17/h4-6,12H,1-3H2,(H,15,16,17)/t4-,5-,6?/m1/s1. The minimum Gasteiger partial charge on any atom is -0.304 e. The van der Waals surface area contributed by atoms with Gasteiger partial charge in [-0.15, -0.1) is 4.28 Å². The first-order chi connectivity index (χ1) is 8.59. The molecule has 0 aromatic carbocycles. The Bertz CT molecular complexity index is 479. The highest BCUT2D eigenvalue weighted by Gasteiger charge is 2.53. The molecule has 2 aliphatic heterocycles. The molecule has 3 atom stereocenters. The van der Waals surface area contributed by atoms with Crippen LogP contribution in [-0.2, 0) is 19.5 Å². The fourth-order valence-corrected chi connectivity index (χ4v) is 2.68. The van der Waals surface area contributed by atoms with E-state index in [4.69, 9.17) is 4.55 Å². The van der Waals surface area contributed by atoms with Crippen molar-refractivity contribution in [3.05, 3.63) is 0 Å². The Kier molecular flexibility index (Phi) is 3.49. The summed E-state index contributed by atoms with van der Waals surface area (Å²) in [6, 6.07) is -2.57. The molecule has 2 fully saturated rings. The number of hydrogen-bond donors (Lipinski definition) is 2. The lowest BCUT2D eigenvalue weighted by molar-refractivity contribution is -0.205. The molecular weight excluding hydrogens is 293 g/mol. The van der Waals surface area contributed by atoms with Crippen molar-refractivity contribution in [3.8, 4) is 0 Å². The molecule has 110 valence electrons. The Labute approximate surface area is 106 Å². The number of β-lactam (4-membered cyclic amide) rings is 1. The number of rotatable bonds is 2. The summed E-state index contributed by atoms with van der Waals surface area (Å²) < 4.78 is 71.1. The maximum atomic E-state index is 12.5. The molecule has 0 aromatic rings. The topological polar surface area (TPSA) is 95.9 Å². The average molecular weight is 304 g/mol. The van der Waals surface area contributed by atoms with Crippen molar-refractivity contribution in [2.24, 2.45) is 5.92 Å². The third kappa shape index (κ3) is 2.99. The van der Waals surface area contributed by atoms with Gasteiger partial charge in [0.15, 0.2) is 0 Å². The number of amides is 1. The SMILES string of the molecule is O=C1[C@@H]2CCC(C(F)(F)F)NC[C@H]2N1OS(=O)(=O)O. The molecule has 2 N–H and O–H groups in total. The van der Waals surface area contributed by atoms with Crippen LogP contribution in [0, 0.1) is 5.92 Å². The summed E-state index contributed by atoms with van der Waals surface area (Å²) >= 11 is 0. The normalized spacial score (nSPS) is 32.5. The van der Waals surface area contributed by atoms with Crippen molar-refractivity contribution in [2.75, 3.05) is 6.54 Å². The fraction of sp³-hybridized carbons (Fsp3) is 0.875. The molecule has 0 spiro atoms. The van der Waals surface area contributed by atoms with Crippen LogP contribution in [0.3, 0.4) is 0 Å². The molecule has 0 aliphatic carbocycles. The Hall–Kier alpha value is -0.910. The Morgan fingerprint density at radius 1 is 1.37 bits per heavy atom. The molecule has 2 saturated heterocycles. The van der Waals surface area contributed by atoms with Crippen molar-refractivity contribution in [1.82, 2.24) is 10.4 Å². The van der Waals surface area contributed by atoms with Crippen LogP contribution in [0.5, 0.6) is 0 Å². The lowest BCUT2D eigenvalue weighted by Gasteiger charge is -2.43. The van der Waals surface area contributed by atoms with E-state index < -0.39 is 40.5 Å². The molecule has 11 heteroatoms. The Morgan fingerprint density at radius 2 is 2.00 bits per heavy atom. The molecule has 2 rings (SSSR count). The summed E-state index contributed by atoms with van der Waals surface area (Å²) in [6.07, 6.45) is -4.72. The van der Waals surface area contributed by atoms with Gasteiger partial charge in [0, 0.05) is 6.54 Å². The van der Waals surface area contributed by atoms with Gasteiger partial charge in [-0.25, -0.2) is 0 Å². The van der Waals surface area contributed by atoms with Gasteiger partial charge in [-0.2, -0.15) is 26.7 Å². The lowest BCUT2D eigenvalue weighted by Crippen LogP contribution is -2.63. The number of halogens is 3.